The quantitative estimate of drug-likeness (QED) is 0.704. The van der Waals surface area contributed by atoms with Crippen molar-refractivity contribution in [2.24, 2.45) is 5.41 Å². The van der Waals surface area contributed by atoms with E-state index < -0.39 is 0 Å². The number of rotatable bonds is 7. The summed E-state index contributed by atoms with van der Waals surface area (Å²) in [6, 6.07) is 0.477. The van der Waals surface area contributed by atoms with E-state index in [1.54, 1.807) is 0 Å². The number of hydrogen-bond acceptors (Lipinski definition) is 2. The maximum absolute atomic E-state index is 5.89. The van der Waals surface area contributed by atoms with Gasteiger partial charge in [0.05, 0.1) is 6.10 Å². The van der Waals surface area contributed by atoms with Crippen molar-refractivity contribution in [2.75, 3.05) is 13.2 Å². The van der Waals surface area contributed by atoms with Crippen LogP contribution in [0, 0.1) is 5.41 Å². The first-order valence-electron chi connectivity index (χ1n) is 6.32. The zero-order valence-corrected chi connectivity index (χ0v) is 11.4. The highest BCUT2D eigenvalue weighted by Gasteiger charge is 2.31. The van der Waals surface area contributed by atoms with Gasteiger partial charge < -0.3 is 10.1 Å². The summed E-state index contributed by atoms with van der Waals surface area (Å²) in [4.78, 5) is 0. The van der Waals surface area contributed by atoms with Crippen LogP contribution in [0.2, 0.25) is 0 Å². The number of hydrogen-bond donors (Lipinski definition) is 1. The first-order valence-corrected chi connectivity index (χ1v) is 6.32. The van der Waals surface area contributed by atoms with Gasteiger partial charge in [-0.1, -0.05) is 34.6 Å². The zero-order valence-electron chi connectivity index (χ0n) is 11.4. The lowest BCUT2D eigenvalue weighted by Gasteiger charge is -2.37. The molecule has 0 radical (unpaired) electrons. The Balaban J connectivity index is 4.40. The predicted octanol–water partition coefficient (Wildman–Crippen LogP) is 3.22. The summed E-state index contributed by atoms with van der Waals surface area (Å²) in [5, 5.41) is 3.59. The fourth-order valence-corrected chi connectivity index (χ4v) is 1.94. The molecular weight excluding hydrogens is 186 g/mol. The van der Waals surface area contributed by atoms with E-state index in [0.29, 0.717) is 12.1 Å². The van der Waals surface area contributed by atoms with Crippen LogP contribution in [0.15, 0.2) is 0 Å². The molecule has 0 aromatic carbocycles. The van der Waals surface area contributed by atoms with Gasteiger partial charge in [-0.25, -0.2) is 0 Å². The Morgan fingerprint density at radius 3 is 2.07 bits per heavy atom. The lowest BCUT2D eigenvalue weighted by atomic mass is 9.83. The van der Waals surface area contributed by atoms with Crippen molar-refractivity contribution in [1.29, 1.82) is 0 Å². The summed E-state index contributed by atoms with van der Waals surface area (Å²) in [6.45, 7) is 15.1. The fraction of sp³-hybridized carbons (Fsp3) is 1.00. The Kier molecular flexibility index (Phi) is 7.20. The van der Waals surface area contributed by atoms with E-state index in [2.05, 4.69) is 46.9 Å². The molecule has 92 valence electrons. The average molecular weight is 215 g/mol. The molecule has 0 aromatic heterocycles. The van der Waals surface area contributed by atoms with E-state index in [1.165, 1.54) is 6.42 Å². The zero-order chi connectivity index (χ0) is 11.9. The van der Waals surface area contributed by atoms with E-state index in [1.807, 2.05) is 0 Å². The van der Waals surface area contributed by atoms with Crippen LogP contribution >= 0.6 is 0 Å². The summed E-state index contributed by atoms with van der Waals surface area (Å²) < 4.78 is 5.89. The van der Waals surface area contributed by atoms with Gasteiger partial charge in [-0.3, -0.25) is 0 Å². The molecule has 0 aliphatic heterocycles. The second-order valence-electron chi connectivity index (χ2n) is 5.21. The van der Waals surface area contributed by atoms with Gasteiger partial charge in [-0.15, -0.1) is 0 Å². The molecule has 15 heavy (non-hydrogen) atoms. The maximum Gasteiger partial charge on any atom is 0.0775 e. The molecule has 0 saturated carbocycles. The smallest absolute Gasteiger partial charge is 0.0775 e. The number of ether oxygens (including phenoxy) is 1. The molecule has 0 aliphatic carbocycles. The maximum atomic E-state index is 5.89. The van der Waals surface area contributed by atoms with Gasteiger partial charge in [0.15, 0.2) is 0 Å². The second-order valence-corrected chi connectivity index (χ2v) is 5.21. The highest BCUT2D eigenvalue weighted by atomic mass is 16.5. The van der Waals surface area contributed by atoms with Crippen molar-refractivity contribution in [3.63, 3.8) is 0 Å². The molecule has 0 heterocycles. The lowest BCUT2D eigenvalue weighted by molar-refractivity contribution is -0.0363. The Hall–Kier alpha value is -0.0800. The van der Waals surface area contributed by atoms with Gasteiger partial charge in [0, 0.05) is 12.6 Å². The van der Waals surface area contributed by atoms with Crippen LogP contribution in [-0.2, 0) is 4.74 Å². The summed E-state index contributed by atoms with van der Waals surface area (Å²) in [7, 11) is 0. The van der Waals surface area contributed by atoms with E-state index in [9.17, 15) is 0 Å². The Labute approximate surface area is 95.8 Å². The summed E-state index contributed by atoms with van der Waals surface area (Å²) in [5.74, 6) is 0. The molecule has 0 aromatic rings. The van der Waals surface area contributed by atoms with Crippen molar-refractivity contribution in [3.05, 3.63) is 0 Å². The minimum absolute atomic E-state index is 0.206. The van der Waals surface area contributed by atoms with Crippen molar-refractivity contribution < 1.29 is 4.74 Å². The molecule has 2 heteroatoms. The highest BCUT2D eigenvalue weighted by molar-refractivity contribution is 4.85. The van der Waals surface area contributed by atoms with Crippen molar-refractivity contribution >= 4 is 0 Å². The van der Waals surface area contributed by atoms with Crippen LogP contribution in [0.25, 0.3) is 0 Å². The minimum atomic E-state index is 0.206. The minimum Gasteiger partial charge on any atom is -0.376 e. The van der Waals surface area contributed by atoms with Crippen LogP contribution in [0.4, 0.5) is 0 Å². The first kappa shape index (κ1) is 14.9. The predicted molar refractivity (Wildman–Crippen MR) is 67.2 cm³/mol. The Morgan fingerprint density at radius 1 is 1.13 bits per heavy atom. The molecule has 0 amide bonds. The second kappa shape index (κ2) is 7.24. The number of nitrogens with one attached hydrogen (secondary N) is 1. The standard InChI is InChI=1S/C13H29NO/c1-7-10-14-11(8-2)12(15-9-3)13(4,5)6/h11-12,14H,7-10H2,1-6H3. The van der Waals surface area contributed by atoms with Crippen LogP contribution < -0.4 is 5.32 Å². The van der Waals surface area contributed by atoms with E-state index >= 15 is 0 Å². The Bertz CT molecular complexity index is 151. The molecule has 0 bridgehead atoms. The highest BCUT2D eigenvalue weighted by Crippen LogP contribution is 2.26. The Morgan fingerprint density at radius 2 is 1.73 bits per heavy atom. The molecule has 2 atom stereocenters. The van der Waals surface area contributed by atoms with Crippen LogP contribution in [0.3, 0.4) is 0 Å². The van der Waals surface area contributed by atoms with Gasteiger partial charge >= 0.3 is 0 Å². The molecule has 1 N–H and O–H groups in total. The van der Waals surface area contributed by atoms with E-state index in [0.717, 1.165) is 19.6 Å². The monoisotopic (exact) mass is 215 g/mol. The SMILES string of the molecule is CCCNC(CC)C(OCC)C(C)(C)C. The normalized spacial score (nSPS) is 16.4. The molecule has 0 saturated heterocycles. The molecule has 2 unspecified atom stereocenters. The van der Waals surface area contributed by atoms with Crippen LogP contribution in [0.1, 0.15) is 54.4 Å². The van der Waals surface area contributed by atoms with Gasteiger partial charge in [0.1, 0.15) is 0 Å². The topological polar surface area (TPSA) is 21.3 Å². The third-order valence-electron chi connectivity index (χ3n) is 2.66. The summed E-state index contributed by atoms with van der Waals surface area (Å²) in [5.41, 5.74) is 0.206. The summed E-state index contributed by atoms with van der Waals surface area (Å²) >= 11 is 0. The van der Waals surface area contributed by atoms with Gasteiger partial charge in [0.2, 0.25) is 0 Å². The molecule has 0 fully saturated rings. The average Bonchev–Trinajstić information content (AvgIpc) is 2.15. The fourth-order valence-electron chi connectivity index (χ4n) is 1.94. The van der Waals surface area contributed by atoms with Crippen molar-refractivity contribution in [2.45, 2.75) is 66.5 Å². The van der Waals surface area contributed by atoms with Crippen LogP contribution in [-0.4, -0.2) is 25.3 Å². The van der Waals surface area contributed by atoms with E-state index in [-0.39, 0.29) is 5.41 Å². The van der Waals surface area contributed by atoms with Crippen molar-refractivity contribution in [1.82, 2.24) is 5.32 Å². The third-order valence-corrected chi connectivity index (χ3v) is 2.66. The van der Waals surface area contributed by atoms with Gasteiger partial charge in [-0.2, -0.15) is 0 Å². The molecule has 0 aliphatic rings. The van der Waals surface area contributed by atoms with Gasteiger partial charge in [-0.05, 0) is 31.7 Å². The molecule has 2 nitrogen and oxygen atoms in total. The largest absolute Gasteiger partial charge is 0.376 e. The van der Waals surface area contributed by atoms with E-state index in [4.69, 9.17) is 4.74 Å². The first-order chi connectivity index (χ1) is 6.97. The van der Waals surface area contributed by atoms with Gasteiger partial charge in [0.25, 0.3) is 0 Å². The van der Waals surface area contributed by atoms with Crippen LogP contribution in [0.5, 0.6) is 0 Å². The third kappa shape index (κ3) is 5.53. The lowest BCUT2D eigenvalue weighted by Crippen LogP contribution is -2.48. The molecule has 0 spiro atoms. The molecular formula is C13H29NO. The van der Waals surface area contributed by atoms with Crippen molar-refractivity contribution in [3.8, 4) is 0 Å². The molecule has 0 rings (SSSR count). The summed E-state index contributed by atoms with van der Waals surface area (Å²) in [6.07, 6.45) is 2.61.